The zero-order valence-corrected chi connectivity index (χ0v) is 9.39. The topological polar surface area (TPSA) is 12.4 Å². The molecule has 0 rings (SSSR count). The SMILES string of the molecule is CCC(C)C(C)N=C(C)C(C)C. The smallest absolute Gasteiger partial charge is 0.0496 e. The van der Waals surface area contributed by atoms with Gasteiger partial charge in [-0.1, -0.05) is 34.1 Å². The first-order valence-electron chi connectivity index (χ1n) is 5.03. The van der Waals surface area contributed by atoms with E-state index in [1.807, 2.05) is 0 Å². The molecule has 0 aliphatic heterocycles. The lowest BCUT2D eigenvalue weighted by molar-refractivity contribution is 0.470. The van der Waals surface area contributed by atoms with Crippen molar-refractivity contribution in [3.8, 4) is 0 Å². The zero-order chi connectivity index (χ0) is 9.72. The Hall–Kier alpha value is -0.330. The van der Waals surface area contributed by atoms with E-state index in [1.165, 1.54) is 12.1 Å². The van der Waals surface area contributed by atoms with Crippen molar-refractivity contribution in [2.24, 2.45) is 16.8 Å². The maximum Gasteiger partial charge on any atom is 0.0496 e. The Morgan fingerprint density at radius 1 is 1.17 bits per heavy atom. The first-order valence-corrected chi connectivity index (χ1v) is 5.03. The monoisotopic (exact) mass is 169 g/mol. The molecule has 1 heteroatoms. The van der Waals surface area contributed by atoms with E-state index < -0.39 is 0 Å². The van der Waals surface area contributed by atoms with Crippen LogP contribution in [-0.4, -0.2) is 11.8 Å². The zero-order valence-electron chi connectivity index (χ0n) is 9.39. The van der Waals surface area contributed by atoms with Crippen molar-refractivity contribution in [2.75, 3.05) is 0 Å². The average Bonchev–Trinajstić information content (AvgIpc) is 2.02. The summed E-state index contributed by atoms with van der Waals surface area (Å²) >= 11 is 0. The predicted molar refractivity (Wildman–Crippen MR) is 56.9 cm³/mol. The maximum absolute atomic E-state index is 4.66. The van der Waals surface area contributed by atoms with Crippen LogP contribution in [0.15, 0.2) is 4.99 Å². The molecule has 0 aromatic rings. The van der Waals surface area contributed by atoms with Crippen LogP contribution in [0, 0.1) is 11.8 Å². The van der Waals surface area contributed by atoms with Gasteiger partial charge in [-0.2, -0.15) is 0 Å². The Labute approximate surface area is 77.3 Å². The molecule has 0 aromatic heterocycles. The van der Waals surface area contributed by atoms with Crippen molar-refractivity contribution in [1.29, 1.82) is 0 Å². The van der Waals surface area contributed by atoms with Crippen molar-refractivity contribution in [2.45, 2.75) is 54.0 Å². The van der Waals surface area contributed by atoms with E-state index >= 15 is 0 Å². The van der Waals surface area contributed by atoms with Gasteiger partial charge in [0.1, 0.15) is 0 Å². The molecule has 0 saturated carbocycles. The fourth-order valence-corrected chi connectivity index (χ4v) is 0.939. The number of hydrogen-bond acceptors (Lipinski definition) is 1. The molecule has 0 heterocycles. The molecule has 0 spiro atoms. The minimum atomic E-state index is 0.484. The van der Waals surface area contributed by atoms with E-state index in [0.717, 1.165) is 0 Å². The quantitative estimate of drug-likeness (QED) is 0.571. The van der Waals surface area contributed by atoms with E-state index in [1.54, 1.807) is 0 Å². The molecule has 0 aliphatic rings. The first-order chi connectivity index (χ1) is 5.49. The van der Waals surface area contributed by atoms with Crippen molar-refractivity contribution in [3.05, 3.63) is 0 Å². The molecular weight excluding hydrogens is 146 g/mol. The summed E-state index contributed by atoms with van der Waals surface area (Å²) in [6.45, 7) is 13.2. The molecule has 0 N–H and O–H groups in total. The highest BCUT2D eigenvalue weighted by Crippen LogP contribution is 2.12. The Balaban J connectivity index is 4.13. The van der Waals surface area contributed by atoms with Crippen LogP contribution in [0.1, 0.15) is 48.0 Å². The van der Waals surface area contributed by atoms with E-state index in [4.69, 9.17) is 0 Å². The fourth-order valence-electron chi connectivity index (χ4n) is 0.939. The lowest BCUT2D eigenvalue weighted by Gasteiger charge is -2.16. The second-order valence-corrected chi connectivity index (χ2v) is 4.05. The van der Waals surface area contributed by atoms with Crippen molar-refractivity contribution >= 4 is 5.71 Å². The van der Waals surface area contributed by atoms with Gasteiger partial charge in [-0.3, -0.25) is 4.99 Å². The van der Waals surface area contributed by atoms with Crippen molar-refractivity contribution < 1.29 is 0 Å². The number of nitrogens with zero attached hydrogens (tertiary/aromatic N) is 1. The summed E-state index contributed by atoms with van der Waals surface area (Å²) in [6.07, 6.45) is 1.22. The molecular formula is C11H23N. The summed E-state index contributed by atoms with van der Waals surface area (Å²) in [5.74, 6) is 1.30. The van der Waals surface area contributed by atoms with Gasteiger partial charge in [-0.05, 0) is 25.7 Å². The maximum atomic E-state index is 4.66. The summed E-state index contributed by atoms with van der Waals surface area (Å²) in [5, 5.41) is 0. The third-order valence-electron chi connectivity index (χ3n) is 2.71. The summed E-state index contributed by atoms with van der Waals surface area (Å²) in [6, 6.07) is 0.484. The summed E-state index contributed by atoms with van der Waals surface area (Å²) in [7, 11) is 0. The minimum absolute atomic E-state index is 0.484. The van der Waals surface area contributed by atoms with Crippen LogP contribution in [0.25, 0.3) is 0 Å². The van der Waals surface area contributed by atoms with Crippen molar-refractivity contribution in [3.63, 3.8) is 0 Å². The Bertz CT molecular complexity index is 147. The lowest BCUT2D eigenvalue weighted by Crippen LogP contribution is -2.14. The number of aliphatic imine (C=N–C) groups is 1. The van der Waals surface area contributed by atoms with Gasteiger partial charge in [0.05, 0.1) is 0 Å². The normalized spacial score (nSPS) is 18.1. The van der Waals surface area contributed by atoms with Gasteiger partial charge in [0.15, 0.2) is 0 Å². The lowest BCUT2D eigenvalue weighted by atomic mass is 10.0. The molecule has 2 unspecified atom stereocenters. The first kappa shape index (κ1) is 11.7. The Kier molecular flexibility index (Phi) is 5.19. The van der Waals surface area contributed by atoms with Gasteiger partial charge >= 0.3 is 0 Å². The Morgan fingerprint density at radius 2 is 1.67 bits per heavy atom. The molecule has 0 fully saturated rings. The summed E-state index contributed by atoms with van der Waals surface area (Å²) in [4.78, 5) is 4.66. The highest BCUT2D eigenvalue weighted by atomic mass is 14.8. The van der Waals surface area contributed by atoms with Crippen LogP contribution in [0.4, 0.5) is 0 Å². The van der Waals surface area contributed by atoms with Crippen molar-refractivity contribution in [1.82, 2.24) is 0 Å². The number of hydrogen-bond donors (Lipinski definition) is 0. The van der Waals surface area contributed by atoms with Crippen LogP contribution >= 0.6 is 0 Å². The standard InChI is InChI=1S/C11H23N/c1-7-9(4)11(6)12-10(5)8(2)3/h8-9,11H,7H2,1-6H3. The van der Waals surface area contributed by atoms with Gasteiger partial charge in [-0.25, -0.2) is 0 Å². The van der Waals surface area contributed by atoms with Gasteiger partial charge in [0.25, 0.3) is 0 Å². The molecule has 2 atom stereocenters. The summed E-state index contributed by atoms with van der Waals surface area (Å²) in [5.41, 5.74) is 1.28. The highest BCUT2D eigenvalue weighted by molar-refractivity contribution is 5.83. The van der Waals surface area contributed by atoms with E-state index in [2.05, 4.69) is 46.5 Å². The highest BCUT2D eigenvalue weighted by Gasteiger charge is 2.09. The largest absolute Gasteiger partial charge is 0.291 e. The molecule has 0 aromatic carbocycles. The van der Waals surface area contributed by atoms with Crippen LogP contribution in [0.3, 0.4) is 0 Å². The third-order valence-corrected chi connectivity index (χ3v) is 2.71. The number of rotatable bonds is 4. The Morgan fingerprint density at radius 3 is 2.00 bits per heavy atom. The van der Waals surface area contributed by atoms with E-state index in [9.17, 15) is 0 Å². The average molecular weight is 169 g/mol. The molecule has 0 bridgehead atoms. The second-order valence-electron chi connectivity index (χ2n) is 4.05. The van der Waals surface area contributed by atoms with Gasteiger partial charge in [-0.15, -0.1) is 0 Å². The molecule has 0 radical (unpaired) electrons. The summed E-state index contributed by atoms with van der Waals surface area (Å²) < 4.78 is 0. The molecule has 0 amide bonds. The van der Waals surface area contributed by atoms with Gasteiger partial charge in [0.2, 0.25) is 0 Å². The van der Waals surface area contributed by atoms with E-state index in [0.29, 0.717) is 17.9 Å². The van der Waals surface area contributed by atoms with Gasteiger partial charge in [0, 0.05) is 11.8 Å². The van der Waals surface area contributed by atoms with Crippen LogP contribution < -0.4 is 0 Å². The molecule has 1 nitrogen and oxygen atoms in total. The molecule has 72 valence electrons. The molecule has 0 saturated heterocycles. The van der Waals surface area contributed by atoms with E-state index in [-0.39, 0.29) is 0 Å². The van der Waals surface area contributed by atoms with Crippen LogP contribution in [0.2, 0.25) is 0 Å². The van der Waals surface area contributed by atoms with Crippen LogP contribution in [-0.2, 0) is 0 Å². The third kappa shape index (κ3) is 3.89. The molecule has 12 heavy (non-hydrogen) atoms. The fraction of sp³-hybridized carbons (Fsp3) is 0.909. The van der Waals surface area contributed by atoms with Gasteiger partial charge < -0.3 is 0 Å². The van der Waals surface area contributed by atoms with Crippen LogP contribution in [0.5, 0.6) is 0 Å². The second kappa shape index (κ2) is 5.34. The molecule has 0 aliphatic carbocycles. The predicted octanol–water partition coefficient (Wildman–Crippen LogP) is 3.54. The minimum Gasteiger partial charge on any atom is -0.291 e.